The van der Waals surface area contributed by atoms with Crippen molar-refractivity contribution < 1.29 is 19.4 Å². The lowest BCUT2D eigenvalue weighted by Gasteiger charge is -2.35. The van der Waals surface area contributed by atoms with Gasteiger partial charge < -0.3 is 20.5 Å². The fourth-order valence-electron chi connectivity index (χ4n) is 4.48. The van der Waals surface area contributed by atoms with Gasteiger partial charge >= 0.3 is 0 Å². The molecule has 1 atom stereocenters. The zero-order valence-corrected chi connectivity index (χ0v) is 21.0. The van der Waals surface area contributed by atoms with Gasteiger partial charge in [0.25, 0.3) is 5.91 Å². The first-order valence-electron chi connectivity index (χ1n) is 12.0. The lowest BCUT2D eigenvalue weighted by atomic mass is 9.96. The molecule has 1 saturated heterocycles. The normalized spacial score (nSPS) is 15.1. The van der Waals surface area contributed by atoms with Crippen LogP contribution in [0.1, 0.15) is 52.6 Å². The van der Waals surface area contributed by atoms with Crippen LogP contribution in [0.3, 0.4) is 0 Å². The number of Topliss-reactive ketones (excluding diaryl/α,β-unsaturated/α-hetero) is 1. The van der Waals surface area contributed by atoms with Crippen molar-refractivity contribution >= 4 is 23.2 Å². The Kier molecular flexibility index (Phi) is 6.46. The molecule has 0 aliphatic carbocycles. The number of ketones is 1. The summed E-state index contributed by atoms with van der Waals surface area (Å²) in [5.41, 5.74) is 8.50. The molecule has 4 N–H and O–H groups in total. The Balaban J connectivity index is 1.45. The molecule has 1 fully saturated rings. The number of nitrogen functional groups attached to an aromatic ring is 1. The van der Waals surface area contributed by atoms with Crippen LogP contribution in [0.2, 0.25) is 0 Å². The number of carbonyl (C=O) groups is 2. The van der Waals surface area contributed by atoms with Crippen molar-refractivity contribution in [3.63, 3.8) is 0 Å². The maximum atomic E-state index is 12.8. The zero-order chi connectivity index (χ0) is 27.0. The molecule has 5 rings (SSSR count). The Morgan fingerprint density at radius 1 is 1.34 bits per heavy atom. The Hall–Kier alpha value is -4.49. The largest absolute Gasteiger partial charge is 0.383 e. The number of hydrogen-bond donors (Lipinski definition) is 3. The van der Waals surface area contributed by atoms with Gasteiger partial charge in [-0.05, 0) is 32.8 Å². The molecule has 4 aromatic rings. The van der Waals surface area contributed by atoms with Gasteiger partial charge in [0.05, 0.1) is 36.4 Å². The Morgan fingerprint density at radius 2 is 2.13 bits per heavy atom. The minimum atomic E-state index is -1.07. The topological polar surface area (TPSA) is 178 Å². The lowest BCUT2D eigenvalue weighted by Crippen LogP contribution is -2.47. The summed E-state index contributed by atoms with van der Waals surface area (Å²) in [5.74, 6) is -0.325. The second-order valence-corrected chi connectivity index (χ2v) is 9.24. The molecule has 38 heavy (non-hydrogen) atoms. The number of nitrogens with two attached hydrogens (primary N) is 1. The number of fused-ring (bicyclic) bond motifs is 1. The first-order valence-corrected chi connectivity index (χ1v) is 12.0. The van der Waals surface area contributed by atoms with E-state index < -0.39 is 5.60 Å². The number of pyridine rings is 1. The molecular weight excluding hydrogens is 490 g/mol. The monoisotopic (exact) mass is 517 g/mol. The molecule has 1 aliphatic heterocycles. The molecule has 13 heteroatoms. The van der Waals surface area contributed by atoms with Crippen molar-refractivity contribution in [1.29, 1.82) is 0 Å². The number of ether oxygens (including phenoxy) is 1. The quantitative estimate of drug-likeness (QED) is 0.276. The number of carbonyl (C=O) groups excluding carboxylic acids is 2. The zero-order valence-electron chi connectivity index (χ0n) is 21.0. The summed E-state index contributed by atoms with van der Waals surface area (Å²) in [4.78, 5) is 39.9. The highest BCUT2D eigenvalue weighted by atomic mass is 16.5. The minimum Gasteiger partial charge on any atom is -0.383 e. The van der Waals surface area contributed by atoms with Crippen LogP contribution in [-0.4, -0.2) is 75.7 Å². The van der Waals surface area contributed by atoms with Crippen LogP contribution in [0.15, 0.2) is 43.6 Å². The molecule has 196 valence electrons. The molecule has 4 aromatic heterocycles. The molecule has 13 nitrogen and oxygen atoms in total. The van der Waals surface area contributed by atoms with Crippen molar-refractivity contribution in [2.45, 2.75) is 38.3 Å². The van der Waals surface area contributed by atoms with Crippen molar-refractivity contribution in [1.82, 2.24) is 39.7 Å². The van der Waals surface area contributed by atoms with Gasteiger partial charge in [0, 0.05) is 29.6 Å². The average Bonchev–Trinajstić information content (AvgIpc) is 3.57. The molecule has 1 unspecified atom stereocenters. The van der Waals surface area contributed by atoms with Gasteiger partial charge in [-0.15, -0.1) is 0 Å². The van der Waals surface area contributed by atoms with E-state index >= 15 is 0 Å². The number of nitrogens with one attached hydrogen (secondary N) is 1. The summed E-state index contributed by atoms with van der Waals surface area (Å²) in [7, 11) is 0. The number of H-pyrrole nitrogens is 1. The minimum absolute atomic E-state index is 0.102. The maximum absolute atomic E-state index is 12.8. The van der Waals surface area contributed by atoms with Gasteiger partial charge in [-0.25, -0.2) is 9.97 Å². The fourth-order valence-corrected chi connectivity index (χ4v) is 4.48. The smallest absolute Gasteiger partial charge is 0.295 e. The molecule has 5 heterocycles. The van der Waals surface area contributed by atoms with Crippen LogP contribution in [0.4, 0.5) is 5.82 Å². The van der Waals surface area contributed by atoms with E-state index in [4.69, 9.17) is 15.5 Å². The number of nitrogens with zero attached hydrogens (tertiary/aromatic N) is 7. The van der Waals surface area contributed by atoms with Gasteiger partial charge in [-0.2, -0.15) is 14.7 Å². The van der Waals surface area contributed by atoms with Crippen molar-refractivity contribution in [3.05, 3.63) is 66.4 Å². The summed E-state index contributed by atoms with van der Waals surface area (Å²) in [6.45, 7) is 7.45. The van der Waals surface area contributed by atoms with Gasteiger partial charge in [-0.3, -0.25) is 19.7 Å². The number of aromatic nitrogens is 7. The number of rotatable bonds is 9. The Morgan fingerprint density at radius 3 is 2.71 bits per heavy atom. The number of amides is 1. The van der Waals surface area contributed by atoms with Gasteiger partial charge in [0.15, 0.2) is 17.0 Å². The molecule has 1 amide bonds. The van der Waals surface area contributed by atoms with Crippen LogP contribution in [0.5, 0.6) is 0 Å². The van der Waals surface area contributed by atoms with E-state index in [0.717, 1.165) is 5.56 Å². The summed E-state index contributed by atoms with van der Waals surface area (Å²) in [5, 5.41) is 21.1. The first-order chi connectivity index (χ1) is 18.2. The van der Waals surface area contributed by atoms with E-state index in [2.05, 4.69) is 31.8 Å². The Bertz CT molecular complexity index is 1510. The van der Waals surface area contributed by atoms with Gasteiger partial charge in [0.2, 0.25) is 5.82 Å². The van der Waals surface area contributed by atoms with E-state index in [-0.39, 0.29) is 48.2 Å². The molecule has 0 saturated carbocycles. The van der Waals surface area contributed by atoms with Crippen molar-refractivity contribution in [2.24, 2.45) is 0 Å². The average molecular weight is 518 g/mol. The summed E-state index contributed by atoms with van der Waals surface area (Å²) in [6, 6.07) is 3.28. The van der Waals surface area contributed by atoms with Crippen LogP contribution in [-0.2, 0) is 16.8 Å². The number of aliphatic hydroxyl groups is 1. The third kappa shape index (κ3) is 4.31. The predicted octanol–water partition coefficient (Wildman–Crippen LogP) is 1.52. The number of aryl methyl sites for hydroxylation is 1. The van der Waals surface area contributed by atoms with Crippen LogP contribution >= 0.6 is 0 Å². The molecule has 0 aromatic carbocycles. The van der Waals surface area contributed by atoms with E-state index in [1.807, 2.05) is 13.0 Å². The third-order valence-corrected chi connectivity index (χ3v) is 6.67. The summed E-state index contributed by atoms with van der Waals surface area (Å²) >= 11 is 0. The molecular formula is C25H27N9O4. The fraction of sp³-hybridized carbons (Fsp3) is 0.320. The molecule has 0 spiro atoms. The first kappa shape index (κ1) is 25.2. The van der Waals surface area contributed by atoms with E-state index in [1.165, 1.54) is 28.9 Å². The molecule has 1 aliphatic rings. The number of aromatic amines is 1. The van der Waals surface area contributed by atoms with Gasteiger partial charge in [0.1, 0.15) is 12.1 Å². The third-order valence-electron chi connectivity index (χ3n) is 6.67. The van der Waals surface area contributed by atoms with Crippen LogP contribution < -0.4 is 5.73 Å². The molecule has 0 radical (unpaired) electrons. The molecule has 0 bridgehead atoms. The standard InChI is InChI=1S/C25H27N9O4/c1-4-33(24(36)22-28-13-29-32-22)14(2)5-7-18-20(15(3)35)21(26)34-23(31-18)17(10-30-34)16-6-8-19(27-9-16)25(37)11-38-12-25/h4,6,8-10,13-14,37H,1,5,7,11-12,26H2,2-3H3,(H,28,29,32). The van der Waals surface area contributed by atoms with E-state index in [0.29, 0.717) is 35.4 Å². The van der Waals surface area contributed by atoms with E-state index in [9.17, 15) is 14.7 Å². The van der Waals surface area contributed by atoms with Crippen molar-refractivity contribution in [3.8, 4) is 11.1 Å². The second kappa shape index (κ2) is 9.76. The Labute approximate surface area is 217 Å². The van der Waals surface area contributed by atoms with E-state index in [1.54, 1.807) is 18.5 Å². The summed E-state index contributed by atoms with van der Waals surface area (Å²) < 4.78 is 6.55. The highest BCUT2D eigenvalue weighted by Crippen LogP contribution is 2.31. The van der Waals surface area contributed by atoms with Crippen LogP contribution in [0, 0.1) is 0 Å². The van der Waals surface area contributed by atoms with Gasteiger partial charge in [-0.1, -0.05) is 12.6 Å². The van der Waals surface area contributed by atoms with Crippen molar-refractivity contribution in [2.75, 3.05) is 18.9 Å². The predicted molar refractivity (Wildman–Crippen MR) is 136 cm³/mol. The SMILES string of the molecule is C=CN(C(=O)c1ncn[nH]1)C(C)CCc1nc2c(-c3ccc(C4(O)COC4)nc3)cnn2c(N)c1C(C)=O. The summed E-state index contributed by atoms with van der Waals surface area (Å²) in [6.07, 6.45) is 6.77. The highest BCUT2D eigenvalue weighted by Gasteiger charge is 2.39. The number of hydrogen-bond acceptors (Lipinski definition) is 10. The highest BCUT2D eigenvalue weighted by molar-refractivity contribution is 6.00. The second-order valence-electron chi connectivity index (χ2n) is 9.24. The lowest BCUT2D eigenvalue weighted by molar-refractivity contribution is -0.186. The van der Waals surface area contributed by atoms with Crippen LogP contribution in [0.25, 0.3) is 16.8 Å². The number of anilines is 1. The maximum Gasteiger partial charge on any atom is 0.295 e.